The molecule has 0 aliphatic carbocycles. The number of pyridine rings is 1. The van der Waals surface area contributed by atoms with Gasteiger partial charge in [-0.1, -0.05) is 26.0 Å². The first-order valence-electron chi connectivity index (χ1n) is 6.55. The summed E-state index contributed by atoms with van der Waals surface area (Å²) in [4.78, 5) is 4.52. The summed E-state index contributed by atoms with van der Waals surface area (Å²) in [6.07, 6.45) is 1.57. The molecule has 2 heterocycles. The first-order valence-corrected chi connectivity index (χ1v) is 6.55. The number of aryl methyl sites for hydroxylation is 1. The topological polar surface area (TPSA) is 44.8 Å². The van der Waals surface area contributed by atoms with Gasteiger partial charge < -0.3 is 9.77 Å². The zero-order valence-electron chi connectivity index (χ0n) is 11.4. The van der Waals surface area contributed by atoms with Crippen LogP contribution < -0.4 is 4.73 Å². The number of benzene rings is 1. The van der Waals surface area contributed by atoms with Crippen LogP contribution in [0, 0.1) is 18.0 Å². The van der Waals surface area contributed by atoms with Gasteiger partial charge in [-0.2, -0.15) is 4.73 Å². The lowest BCUT2D eigenvalue weighted by Crippen LogP contribution is -2.26. The molecule has 0 atom stereocenters. The highest BCUT2D eigenvalue weighted by Gasteiger charge is 2.16. The second kappa shape index (κ2) is 4.23. The fraction of sp³-hybridized carbons (Fsp3) is 0.333. The molecule has 0 N–H and O–H groups in total. The normalized spacial score (nSPS) is 11.8. The smallest absolute Gasteiger partial charge is 0.226 e. The summed E-state index contributed by atoms with van der Waals surface area (Å²) in [6.45, 7) is 7.27. The van der Waals surface area contributed by atoms with Crippen molar-refractivity contribution in [1.82, 2.24) is 9.55 Å². The van der Waals surface area contributed by atoms with Crippen molar-refractivity contribution in [1.29, 1.82) is 0 Å². The number of hydrogen-bond donors (Lipinski definition) is 0. The third-order valence-corrected chi connectivity index (χ3v) is 3.37. The third kappa shape index (κ3) is 1.84. The molecule has 0 unspecified atom stereocenters. The van der Waals surface area contributed by atoms with E-state index in [1.807, 2.05) is 31.2 Å². The summed E-state index contributed by atoms with van der Waals surface area (Å²) >= 11 is 0. The Labute approximate surface area is 111 Å². The van der Waals surface area contributed by atoms with E-state index in [2.05, 4.69) is 23.4 Å². The number of imidazole rings is 1. The number of rotatable bonds is 2. The standard InChI is InChI=1S/C15H17N3O/c1-10(2)8-17-11(3)16-13-9-18(19)14-7-5-4-6-12(14)15(13)17/h4-7,9-10H,8H2,1-3H3. The second-order valence-electron chi connectivity index (χ2n) is 5.37. The van der Waals surface area contributed by atoms with Crippen molar-refractivity contribution < 1.29 is 4.73 Å². The van der Waals surface area contributed by atoms with E-state index in [4.69, 9.17) is 0 Å². The number of aromatic nitrogens is 3. The lowest BCUT2D eigenvalue weighted by atomic mass is 10.1. The molecule has 2 aromatic heterocycles. The lowest BCUT2D eigenvalue weighted by molar-refractivity contribution is -0.575. The quantitative estimate of drug-likeness (QED) is 0.522. The van der Waals surface area contributed by atoms with Crippen LogP contribution in [0.3, 0.4) is 0 Å². The summed E-state index contributed by atoms with van der Waals surface area (Å²) in [7, 11) is 0. The molecule has 1 aromatic carbocycles. The van der Waals surface area contributed by atoms with Crippen LogP contribution in [-0.2, 0) is 6.54 Å². The molecule has 0 spiro atoms. The number of para-hydroxylation sites is 1. The van der Waals surface area contributed by atoms with Crippen molar-refractivity contribution in [2.24, 2.45) is 5.92 Å². The molecule has 3 aromatic rings. The summed E-state index contributed by atoms with van der Waals surface area (Å²) in [5, 5.41) is 13.0. The molecule has 4 heteroatoms. The van der Waals surface area contributed by atoms with Gasteiger partial charge in [0.2, 0.25) is 11.7 Å². The SMILES string of the molecule is Cc1nc2c[n+]([O-])c3ccccc3c2n1CC(C)C. The van der Waals surface area contributed by atoms with Gasteiger partial charge in [-0.05, 0) is 18.9 Å². The first-order chi connectivity index (χ1) is 9.08. The van der Waals surface area contributed by atoms with Gasteiger partial charge in [-0.25, -0.2) is 4.98 Å². The minimum Gasteiger partial charge on any atom is -0.618 e. The van der Waals surface area contributed by atoms with Gasteiger partial charge in [0.25, 0.3) is 0 Å². The van der Waals surface area contributed by atoms with Crippen LogP contribution in [0.5, 0.6) is 0 Å². The molecule has 0 fully saturated rings. The van der Waals surface area contributed by atoms with Crippen molar-refractivity contribution in [3.8, 4) is 0 Å². The van der Waals surface area contributed by atoms with Crippen molar-refractivity contribution in [3.05, 3.63) is 41.5 Å². The van der Waals surface area contributed by atoms with Crippen molar-refractivity contribution >= 4 is 21.9 Å². The fourth-order valence-electron chi connectivity index (χ4n) is 2.60. The Morgan fingerprint density at radius 3 is 2.79 bits per heavy atom. The Bertz CT molecular complexity index is 759. The second-order valence-corrected chi connectivity index (χ2v) is 5.37. The Kier molecular flexibility index (Phi) is 2.66. The van der Waals surface area contributed by atoms with E-state index in [9.17, 15) is 5.21 Å². The van der Waals surface area contributed by atoms with Gasteiger partial charge in [0.15, 0.2) is 5.52 Å². The zero-order valence-corrected chi connectivity index (χ0v) is 11.4. The van der Waals surface area contributed by atoms with Gasteiger partial charge in [-0.3, -0.25) is 0 Å². The Morgan fingerprint density at radius 2 is 2.05 bits per heavy atom. The summed E-state index contributed by atoms with van der Waals surface area (Å²) in [5.74, 6) is 1.49. The van der Waals surface area contributed by atoms with Gasteiger partial charge in [0, 0.05) is 12.6 Å². The Balaban J connectivity index is 2.44. The highest BCUT2D eigenvalue weighted by Crippen LogP contribution is 2.24. The maximum atomic E-state index is 12.0. The van der Waals surface area contributed by atoms with E-state index in [-0.39, 0.29) is 0 Å². The molecule has 0 aliphatic heterocycles. The maximum absolute atomic E-state index is 12.0. The molecule has 0 aliphatic rings. The zero-order chi connectivity index (χ0) is 13.6. The molecular formula is C15H17N3O. The molecule has 0 radical (unpaired) electrons. The van der Waals surface area contributed by atoms with E-state index in [0.717, 1.165) is 33.5 Å². The van der Waals surface area contributed by atoms with Gasteiger partial charge >= 0.3 is 0 Å². The van der Waals surface area contributed by atoms with E-state index in [0.29, 0.717) is 11.4 Å². The molecular weight excluding hydrogens is 238 g/mol. The van der Waals surface area contributed by atoms with Crippen LogP contribution in [0.15, 0.2) is 30.5 Å². The number of nitrogens with zero attached hydrogens (tertiary/aromatic N) is 3. The summed E-state index contributed by atoms with van der Waals surface area (Å²) in [5.41, 5.74) is 2.53. The predicted molar refractivity (Wildman–Crippen MR) is 75.8 cm³/mol. The summed E-state index contributed by atoms with van der Waals surface area (Å²) < 4.78 is 3.12. The van der Waals surface area contributed by atoms with Crippen LogP contribution in [0.1, 0.15) is 19.7 Å². The molecule has 0 saturated heterocycles. The monoisotopic (exact) mass is 255 g/mol. The largest absolute Gasteiger partial charge is 0.618 e. The van der Waals surface area contributed by atoms with E-state index in [1.54, 1.807) is 6.20 Å². The third-order valence-electron chi connectivity index (χ3n) is 3.37. The minimum atomic E-state index is 0.537. The van der Waals surface area contributed by atoms with E-state index < -0.39 is 0 Å². The van der Waals surface area contributed by atoms with Gasteiger partial charge in [0.1, 0.15) is 5.82 Å². The average molecular weight is 255 g/mol. The van der Waals surface area contributed by atoms with E-state index in [1.165, 1.54) is 0 Å². The summed E-state index contributed by atoms with van der Waals surface area (Å²) in [6, 6.07) is 7.69. The Morgan fingerprint density at radius 1 is 1.32 bits per heavy atom. The van der Waals surface area contributed by atoms with Crippen LogP contribution in [0.25, 0.3) is 21.9 Å². The average Bonchev–Trinajstić information content (AvgIpc) is 2.66. The highest BCUT2D eigenvalue weighted by molar-refractivity contribution is 6.00. The molecule has 3 rings (SSSR count). The highest BCUT2D eigenvalue weighted by atomic mass is 16.5. The van der Waals surface area contributed by atoms with Gasteiger partial charge in [0.05, 0.1) is 10.9 Å². The first kappa shape index (κ1) is 12.0. The van der Waals surface area contributed by atoms with Crippen LogP contribution >= 0.6 is 0 Å². The molecule has 0 bridgehead atoms. The molecule has 4 nitrogen and oxygen atoms in total. The van der Waals surface area contributed by atoms with Crippen molar-refractivity contribution in [3.63, 3.8) is 0 Å². The van der Waals surface area contributed by atoms with Crippen molar-refractivity contribution in [2.75, 3.05) is 0 Å². The predicted octanol–water partition coefficient (Wildman–Crippen LogP) is 2.79. The minimum absolute atomic E-state index is 0.537. The molecule has 0 amide bonds. The van der Waals surface area contributed by atoms with Crippen molar-refractivity contribution in [2.45, 2.75) is 27.3 Å². The lowest BCUT2D eigenvalue weighted by Gasteiger charge is -2.11. The van der Waals surface area contributed by atoms with Gasteiger partial charge in [-0.15, -0.1) is 0 Å². The van der Waals surface area contributed by atoms with Crippen LogP contribution in [0.4, 0.5) is 0 Å². The number of hydrogen-bond acceptors (Lipinski definition) is 2. The molecule has 0 saturated carbocycles. The van der Waals surface area contributed by atoms with Crippen LogP contribution in [-0.4, -0.2) is 9.55 Å². The molecule has 19 heavy (non-hydrogen) atoms. The maximum Gasteiger partial charge on any atom is 0.226 e. The molecule has 98 valence electrons. The van der Waals surface area contributed by atoms with Crippen LogP contribution in [0.2, 0.25) is 0 Å². The fourth-order valence-corrected chi connectivity index (χ4v) is 2.60. The van der Waals surface area contributed by atoms with E-state index >= 15 is 0 Å². The number of fused-ring (bicyclic) bond motifs is 3. The Hall–Kier alpha value is -2.10.